The first-order valence-electron chi connectivity index (χ1n) is 6.78. The molecule has 1 amide bonds. The smallest absolute Gasteiger partial charge is 0.407 e. The van der Waals surface area contributed by atoms with Gasteiger partial charge < -0.3 is 10.0 Å². The summed E-state index contributed by atoms with van der Waals surface area (Å²) in [5.74, 6) is -0.295. The van der Waals surface area contributed by atoms with E-state index in [1.165, 1.54) is 28.4 Å². The summed E-state index contributed by atoms with van der Waals surface area (Å²) in [5, 5.41) is 10.1. The van der Waals surface area contributed by atoms with Gasteiger partial charge in [-0.1, -0.05) is 11.3 Å². The average Bonchev–Trinajstić information content (AvgIpc) is 2.80. The van der Waals surface area contributed by atoms with Crippen molar-refractivity contribution in [1.29, 1.82) is 0 Å². The third kappa shape index (κ3) is 2.53. The lowest BCUT2D eigenvalue weighted by atomic mass is 10.1. The summed E-state index contributed by atoms with van der Waals surface area (Å²) in [6.45, 7) is 4.98. The maximum absolute atomic E-state index is 13.2. The van der Waals surface area contributed by atoms with Crippen LogP contribution in [-0.4, -0.2) is 46.3 Å². The molecule has 2 atom stereocenters. The van der Waals surface area contributed by atoms with Crippen LogP contribution >= 0.6 is 11.3 Å². The first-order chi connectivity index (χ1) is 9.95. The highest BCUT2D eigenvalue weighted by atomic mass is 32.1. The van der Waals surface area contributed by atoms with Gasteiger partial charge in [-0.05, 0) is 26.0 Å². The van der Waals surface area contributed by atoms with Crippen molar-refractivity contribution >= 4 is 32.8 Å². The van der Waals surface area contributed by atoms with Crippen molar-refractivity contribution in [3.63, 3.8) is 0 Å². The van der Waals surface area contributed by atoms with E-state index in [1.807, 2.05) is 13.8 Å². The van der Waals surface area contributed by atoms with Crippen molar-refractivity contribution in [3.05, 3.63) is 24.0 Å². The van der Waals surface area contributed by atoms with Gasteiger partial charge in [-0.25, -0.2) is 14.2 Å². The Morgan fingerprint density at radius 1 is 1.38 bits per heavy atom. The number of aromatic nitrogens is 1. The molecular formula is C14H16FN3O2S. The van der Waals surface area contributed by atoms with E-state index in [-0.39, 0.29) is 17.9 Å². The Kier molecular flexibility index (Phi) is 3.44. The normalized spacial score (nSPS) is 22.8. The Morgan fingerprint density at radius 3 is 2.67 bits per heavy atom. The van der Waals surface area contributed by atoms with Gasteiger partial charge >= 0.3 is 6.09 Å². The molecule has 1 fully saturated rings. The van der Waals surface area contributed by atoms with Gasteiger partial charge in [0.05, 0.1) is 22.3 Å². The fourth-order valence-corrected chi connectivity index (χ4v) is 3.84. The minimum Gasteiger partial charge on any atom is -0.465 e. The number of carboxylic acid groups (broad SMARTS) is 1. The monoisotopic (exact) mass is 309 g/mol. The molecule has 7 heteroatoms. The summed E-state index contributed by atoms with van der Waals surface area (Å²) in [6, 6.07) is 4.38. The lowest BCUT2D eigenvalue weighted by molar-refractivity contribution is 0.0982. The van der Waals surface area contributed by atoms with Gasteiger partial charge in [-0.15, -0.1) is 0 Å². The lowest BCUT2D eigenvalue weighted by Crippen LogP contribution is -2.58. The molecular weight excluding hydrogens is 293 g/mol. The number of fused-ring (bicyclic) bond motifs is 1. The SMILES string of the molecule is C[C@@H]1CN(c2nc3cc(F)ccc3s2)C[C@@H](C)N1C(=O)O. The highest BCUT2D eigenvalue weighted by Crippen LogP contribution is 2.31. The van der Waals surface area contributed by atoms with Crippen molar-refractivity contribution < 1.29 is 14.3 Å². The molecule has 1 aromatic carbocycles. The Bertz CT molecular complexity index is 678. The predicted octanol–water partition coefficient (Wildman–Crippen LogP) is 3.01. The first-order valence-corrected chi connectivity index (χ1v) is 7.59. The van der Waals surface area contributed by atoms with Crippen molar-refractivity contribution in [1.82, 2.24) is 9.88 Å². The predicted molar refractivity (Wildman–Crippen MR) is 80.6 cm³/mol. The molecule has 0 radical (unpaired) electrons. The highest BCUT2D eigenvalue weighted by molar-refractivity contribution is 7.22. The quantitative estimate of drug-likeness (QED) is 0.880. The highest BCUT2D eigenvalue weighted by Gasteiger charge is 2.33. The third-order valence-corrected chi connectivity index (χ3v) is 4.85. The molecule has 0 bridgehead atoms. The summed E-state index contributed by atoms with van der Waals surface area (Å²) in [5.41, 5.74) is 0.649. The summed E-state index contributed by atoms with van der Waals surface area (Å²) in [7, 11) is 0. The molecule has 2 aromatic rings. The molecule has 3 rings (SSSR count). The number of rotatable bonds is 1. The van der Waals surface area contributed by atoms with E-state index >= 15 is 0 Å². The fourth-order valence-electron chi connectivity index (χ4n) is 2.88. The zero-order chi connectivity index (χ0) is 15.1. The van der Waals surface area contributed by atoms with Crippen molar-refractivity contribution in [2.75, 3.05) is 18.0 Å². The van der Waals surface area contributed by atoms with Crippen LogP contribution in [0.15, 0.2) is 18.2 Å². The number of benzene rings is 1. The minimum absolute atomic E-state index is 0.102. The molecule has 112 valence electrons. The number of halogens is 1. The molecule has 1 aromatic heterocycles. The van der Waals surface area contributed by atoms with Crippen LogP contribution in [0.3, 0.4) is 0 Å². The molecule has 1 aliphatic rings. The van der Waals surface area contributed by atoms with Crippen molar-refractivity contribution in [3.8, 4) is 0 Å². The van der Waals surface area contributed by atoms with E-state index in [4.69, 9.17) is 0 Å². The Hall–Kier alpha value is -1.89. The number of carbonyl (C=O) groups is 1. The van der Waals surface area contributed by atoms with Gasteiger partial charge in [-0.3, -0.25) is 4.90 Å². The van der Waals surface area contributed by atoms with Crippen LogP contribution in [0.5, 0.6) is 0 Å². The van der Waals surface area contributed by atoms with E-state index in [0.717, 1.165) is 9.83 Å². The molecule has 1 N–H and O–H groups in total. The van der Waals surface area contributed by atoms with Gasteiger partial charge in [0.1, 0.15) is 5.82 Å². The Balaban J connectivity index is 1.88. The molecule has 0 unspecified atom stereocenters. The molecule has 1 aliphatic heterocycles. The second-order valence-corrected chi connectivity index (χ2v) is 6.41. The van der Waals surface area contributed by atoms with Crippen LogP contribution in [0.25, 0.3) is 10.2 Å². The number of nitrogens with zero attached hydrogens (tertiary/aromatic N) is 3. The Morgan fingerprint density at radius 2 is 2.05 bits per heavy atom. The number of thiazole rings is 1. The largest absolute Gasteiger partial charge is 0.465 e. The number of piperazine rings is 1. The maximum atomic E-state index is 13.2. The number of amides is 1. The van der Waals surface area contributed by atoms with E-state index in [2.05, 4.69) is 9.88 Å². The van der Waals surface area contributed by atoms with Crippen LogP contribution in [0.4, 0.5) is 14.3 Å². The summed E-state index contributed by atoms with van der Waals surface area (Å²) < 4.78 is 14.2. The zero-order valence-electron chi connectivity index (χ0n) is 11.8. The van der Waals surface area contributed by atoms with Crippen LogP contribution in [0, 0.1) is 5.82 Å². The second-order valence-electron chi connectivity index (χ2n) is 5.40. The molecule has 1 saturated heterocycles. The van der Waals surface area contributed by atoms with Crippen molar-refractivity contribution in [2.45, 2.75) is 25.9 Å². The Labute approximate surface area is 125 Å². The summed E-state index contributed by atoms with van der Waals surface area (Å²) in [6.07, 6.45) is -0.888. The molecule has 5 nitrogen and oxygen atoms in total. The van der Waals surface area contributed by atoms with Crippen LogP contribution < -0.4 is 4.90 Å². The van der Waals surface area contributed by atoms with Crippen LogP contribution in [-0.2, 0) is 0 Å². The third-order valence-electron chi connectivity index (χ3n) is 3.75. The number of anilines is 1. The first kappa shape index (κ1) is 14.1. The standard InChI is InChI=1S/C14H16FN3O2S/c1-8-6-17(7-9(2)18(8)14(19)20)13-16-11-5-10(15)3-4-12(11)21-13/h3-5,8-9H,6-7H2,1-2H3,(H,19,20)/t8-,9-/m1/s1. The van der Waals surface area contributed by atoms with Gasteiger partial charge in [0.2, 0.25) is 0 Å². The van der Waals surface area contributed by atoms with E-state index in [0.29, 0.717) is 18.6 Å². The molecule has 2 heterocycles. The van der Waals surface area contributed by atoms with Crippen molar-refractivity contribution in [2.24, 2.45) is 0 Å². The number of hydrogen-bond acceptors (Lipinski definition) is 4. The van der Waals surface area contributed by atoms with E-state index in [9.17, 15) is 14.3 Å². The van der Waals surface area contributed by atoms with Gasteiger partial charge in [0, 0.05) is 19.2 Å². The zero-order valence-corrected chi connectivity index (χ0v) is 12.6. The second kappa shape index (κ2) is 5.14. The van der Waals surface area contributed by atoms with Crippen LogP contribution in [0.2, 0.25) is 0 Å². The van der Waals surface area contributed by atoms with Gasteiger partial charge in [0.25, 0.3) is 0 Å². The van der Waals surface area contributed by atoms with E-state index in [1.54, 1.807) is 6.07 Å². The lowest BCUT2D eigenvalue weighted by Gasteiger charge is -2.42. The number of hydrogen-bond donors (Lipinski definition) is 1. The maximum Gasteiger partial charge on any atom is 0.407 e. The van der Waals surface area contributed by atoms with Gasteiger partial charge in [-0.2, -0.15) is 0 Å². The van der Waals surface area contributed by atoms with Gasteiger partial charge in [0.15, 0.2) is 5.13 Å². The minimum atomic E-state index is -0.888. The molecule has 21 heavy (non-hydrogen) atoms. The molecule has 0 saturated carbocycles. The summed E-state index contributed by atoms with van der Waals surface area (Å²) in [4.78, 5) is 19.3. The molecule has 0 aliphatic carbocycles. The van der Waals surface area contributed by atoms with Crippen LogP contribution in [0.1, 0.15) is 13.8 Å². The fraction of sp³-hybridized carbons (Fsp3) is 0.429. The topological polar surface area (TPSA) is 56.7 Å². The molecule has 0 spiro atoms. The van der Waals surface area contributed by atoms with E-state index < -0.39 is 6.09 Å². The average molecular weight is 309 g/mol. The summed E-state index contributed by atoms with van der Waals surface area (Å²) >= 11 is 1.51.